The summed E-state index contributed by atoms with van der Waals surface area (Å²) in [5.74, 6) is -0.0888. The van der Waals surface area contributed by atoms with Gasteiger partial charge in [0.2, 0.25) is 0 Å². The Morgan fingerprint density at radius 3 is 2.74 bits per heavy atom. The smallest absolute Gasteiger partial charge is 0.309 e. The molecule has 1 aliphatic heterocycles. The number of thiophene rings is 2. The van der Waals surface area contributed by atoms with E-state index in [0.717, 1.165) is 41.4 Å². The van der Waals surface area contributed by atoms with E-state index in [1.807, 2.05) is 6.92 Å². The van der Waals surface area contributed by atoms with Crippen LogP contribution in [0.15, 0.2) is 46.4 Å². The van der Waals surface area contributed by atoms with Crippen LogP contribution in [0.1, 0.15) is 51.7 Å². The topological polar surface area (TPSA) is 71.8 Å². The molecule has 1 fully saturated rings. The lowest BCUT2D eigenvalue weighted by Gasteiger charge is -2.36. The number of hydrogen-bond donors (Lipinski definition) is 1. The predicted octanol–water partition coefficient (Wildman–Crippen LogP) is 5.33. The quantitative estimate of drug-likeness (QED) is 0.485. The average Bonchev–Trinajstić information content (AvgIpc) is 3.52. The van der Waals surface area contributed by atoms with Gasteiger partial charge < -0.3 is 14.5 Å². The third-order valence-corrected chi connectivity index (χ3v) is 7.38. The minimum Gasteiger partial charge on any atom is -0.466 e. The predicted molar refractivity (Wildman–Crippen MR) is 123 cm³/mol. The van der Waals surface area contributed by atoms with E-state index >= 15 is 0 Å². The van der Waals surface area contributed by atoms with Gasteiger partial charge in [0.05, 0.1) is 24.8 Å². The summed E-state index contributed by atoms with van der Waals surface area (Å²) < 4.78 is 10.5. The van der Waals surface area contributed by atoms with Crippen molar-refractivity contribution in [3.63, 3.8) is 0 Å². The van der Waals surface area contributed by atoms with Crippen LogP contribution in [0.4, 0.5) is 5.00 Å². The SMILES string of the molecule is CCOC(=O)C1CCN([C@@H](c2cccs2)c2cc(C)sc2NC(=O)c2ccco2)CC1. The largest absolute Gasteiger partial charge is 0.466 e. The zero-order chi connectivity index (χ0) is 21.8. The van der Waals surface area contributed by atoms with Gasteiger partial charge in [0.25, 0.3) is 5.91 Å². The number of furan rings is 1. The number of carbonyl (C=O) groups is 2. The fraction of sp³-hybridized carbons (Fsp3) is 0.391. The number of piperidine rings is 1. The van der Waals surface area contributed by atoms with Gasteiger partial charge in [-0.3, -0.25) is 14.5 Å². The highest BCUT2D eigenvalue weighted by Gasteiger charge is 2.33. The maximum Gasteiger partial charge on any atom is 0.309 e. The highest BCUT2D eigenvalue weighted by atomic mass is 32.1. The normalized spacial score (nSPS) is 16.2. The van der Waals surface area contributed by atoms with E-state index in [1.165, 1.54) is 11.1 Å². The number of nitrogens with one attached hydrogen (secondary N) is 1. The number of likely N-dealkylation sites (tertiary alicyclic amines) is 1. The van der Waals surface area contributed by atoms with E-state index in [4.69, 9.17) is 9.15 Å². The molecule has 1 amide bonds. The first-order valence-corrected chi connectivity index (χ1v) is 12.2. The van der Waals surface area contributed by atoms with Crippen LogP contribution in [0, 0.1) is 12.8 Å². The van der Waals surface area contributed by atoms with Gasteiger partial charge in [0, 0.05) is 15.3 Å². The summed E-state index contributed by atoms with van der Waals surface area (Å²) in [6.45, 7) is 5.91. The molecule has 0 unspecified atom stereocenters. The average molecular weight is 459 g/mol. The maximum atomic E-state index is 12.6. The molecule has 0 saturated carbocycles. The van der Waals surface area contributed by atoms with E-state index in [9.17, 15) is 9.59 Å². The van der Waals surface area contributed by atoms with Gasteiger partial charge in [-0.1, -0.05) is 6.07 Å². The van der Waals surface area contributed by atoms with Crippen LogP contribution < -0.4 is 5.32 Å². The summed E-state index contributed by atoms with van der Waals surface area (Å²) >= 11 is 3.28. The zero-order valence-electron chi connectivity index (χ0n) is 17.6. The molecule has 0 aromatic carbocycles. The second-order valence-corrected chi connectivity index (χ2v) is 9.79. The van der Waals surface area contributed by atoms with Crippen LogP contribution in [0.5, 0.6) is 0 Å². The molecule has 4 heterocycles. The summed E-state index contributed by atoms with van der Waals surface area (Å²) in [4.78, 5) is 29.6. The molecule has 1 atom stereocenters. The van der Waals surface area contributed by atoms with Gasteiger partial charge in [-0.25, -0.2) is 0 Å². The molecule has 1 aliphatic rings. The number of rotatable bonds is 7. The Morgan fingerprint density at radius 1 is 1.29 bits per heavy atom. The third kappa shape index (κ3) is 4.92. The van der Waals surface area contributed by atoms with Crippen molar-refractivity contribution in [2.24, 2.45) is 5.92 Å². The monoisotopic (exact) mass is 458 g/mol. The molecular weight excluding hydrogens is 432 g/mol. The van der Waals surface area contributed by atoms with Crippen molar-refractivity contribution in [1.82, 2.24) is 4.90 Å². The number of carbonyl (C=O) groups excluding carboxylic acids is 2. The van der Waals surface area contributed by atoms with Crippen molar-refractivity contribution in [3.8, 4) is 0 Å². The molecule has 0 aliphatic carbocycles. The molecule has 4 rings (SSSR count). The van der Waals surface area contributed by atoms with Gasteiger partial charge in [0.1, 0.15) is 5.00 Å². The Morgan fingerprint density at radius 2 is 2.10 bits per heavy atom. The van der Waals surface area contributed by atoms with Crippen LogP contribution in [-0.2, 0) is 9.53 Å². The van der Waals surface area contributed by atoms with Gasteiger partial charge in [-0.05, 0) is 69.4 Å². The maximum absolute atomic E-state index is 12.6. The Hall–Kier alpha value is -2.42. The number of hydrogen-bond acceptors (Lipinski definition) is 7. The molecule has 8 heteroatoms. The standard InChI is InChI=1S/C23H26N2O4S2/c1-3-28-23(27)16-8-10-25(11-9-16)20(19-7-5-13-30-19)17-14-15(2)31-22(17)24-21(26)18-6-4-12-29-18/h4-7,12-14,16,20H,3,8-11H2,1-2H3,(H,24,26)/t20-/m1/s1. The van der Waals surface area contributed by atoms with Crippen LogP contribution in [0.25, 0.3) is 0 Å². The molecule has 1 N–H and O–H groups in total. The summed E-state index contributed by atoms with van der Waals surface area (Å²) in [5.41, 5.74) is 1.08. The second-order valence-electron chi connectivity index (χ2n) is 7.55. The Kier molecular flexibility index (Phi) is 6.89. The van der Waals surface area contributed by atoms with Crippen molar-refractivity contribution < 1.29 is 18.7 Å². The number of nitrogens with zero attached hydrogens (tertiary/aromatic N) is 1. The lowest BCUT2D eigenvalue weighted by Crippen LogP contribution is -2.39. The lowest BCUT2D eigenvalue weighted by atomic mass is 9.94. The van der Waals surface area contributed by atoms with E-state index in [0.29, 0.717) is 12.4 Å². The number of esters is 1. The van der Waals surface area contributed by atoms with E-state index in [-0.39, 0.29) is 23.8 Å². The fourth-order valence-electron chi connectivity index (χ4n) is 4.04. The molecule has 0 radical (unpaired) electrons. The molecular formula is C23H26N2O4S2. The summed E-state index contributed by atoms with van der Waals surface area (Å²) in [5, 5.41) is 5.96. The number of aryl methyl sites for hydroxylation is 1. The summed E-state index contributed by atoms with van der Waals surface area (Å²) in [6.07, 6.45) is 3.05. The van der Waals surface area contributed by atoms with E-state index in [2.05, 4.69) is 40.7 Å². The molecule has 3 aromatic rings. The first-order valence-electron chi connectivity index (χ1n) is 10.5. The van der Waals surface area contributed by atoms with Gasteiger partial charge in [-0.15, -0.1) is 22.7 Å². The van der Waals surface area contributed by atoms with E-state index < -0.39 is 0 Å². The number of amides is 1. The minimum atomic E-state index is -0.251. The van der Waals surface area contributed by atoms with Crippen molar-refractivity contribution in [2.45, 2.75) is 32.7 Å². The van der Waals surface area contributed by atoms with Crippen LogP contribution in [-0.4, -0.2) is 36.5 Å². The lowest BCUT2D eigenvalue weighted by molar-refractivity contribution is -0.149. The van der Waals surface area contributed by atoms with Gasteiger partial charge >= 0.3 is 5.97 Å². The Balaban J connectivity index is 1.58. The van der Waals surface area contributed by atoms with Gasteiger partial charge in [0.15, 0.2) is 5.76 Å². The van der Waals surface area contributed by atoms with Crippen molar-refractivity contribution in [2.75, 3.05) is 25.0 Å². The molecule has 31 heavy (non-hydrogen) atoms. The molecule has 3 aromatic heterocycles. The Labute approximate surface area is 189 Å². The van der Waals surface area contributed by atoms with Crippen molar-refractivity contribution in [3.05, 3.63) is 63.1 Å². The summed E-state index contributed by atoms with van der Waals surface area (Å²) in [7, 11) is 0. The highest BCUT2D eigenvalue weighted by molar-refractivity contribution is 7.16. The second kappa shape index (κ2) is 9.80. The number of anilines is 1. The van der Waals surface area contributed by atoms with Crippen LogP contribution in [0.2, 0.25) is 0 Å². The molecule has 6 nitrogen and oxygen atoms in total. The Bertz CT molecular complexity index is 1000. The molecule has 0 bridgehead atoms. The van der Waals surface area contributed by atoms with Crippen molar-refractivity contribution >= 4 is 39.6 Å². The molecule has 0 spiro atoms. The summed E-state index contributed by atoms with van der Waals surface area (Å²) in [6, 6.07) is 9.74. The van der Waals surface area contributed by atoms with Gasteiger partial charge in [-0.2, -0.15) is 0 Å². The van der Waals surface area contributed by atoms with Crippen LogP contribution in [0.3, 0.4) is 0 Å². The first-order chi connectivity index (χ1) is 15.1. The molecule has 164 valence electrons. The first kappa shape index (κ1) is 21.8. The number of ether oxygens (including phenoxy) is 1. The fourth-order valence-corrected chi connectivity index (χ4v) is 5.85. The van der Waals surface area contributed by atoms with Crippen LogP contribution >= 0.6 is 22.7 Å². The third-order valence-electron chi connectivity index (χ3n) is 5.48. The minimum absolute atomic E-state index is 0.0278. The molecule has 1 saturated heterocycles. The zero-order valence-corrected chi connectivity index (χ0v) is 19.3. The highest BCUT2D eigenvalue weighted by Crippen LogP contribution is 2.42. The van der Waals surface area contributed by atoms with E-state index in [1.54, 1.807) is 34.8 Å². The van der Waals surface area contributed by atoms with Crippen molar-refractivity contribution in [1.29, 1.82) is 0 Å².